The highest BCUT2D eigenvalue weighted by Gasteiger charge is 2.12. The van der Waals surface area contributed by atoms with Gasteiger partial charge in [0, 0.05) is 16.5 Å². The van der Waals surface area contributed by atoms with E-state index in [1.165, 1.54) is 0 Å². The van der Waals surface area contributed by atoms with Crippen molar-refractivity contribution in [3.63, 3.8) is 0 Å². The van der Waals surface area contributed by atoms with Gasteiger partial charge in [-0.2, -0.15) is 0 Å². The van der Waals surface area contributed by atoms with Crippen molar-refractivity contribution in [1.29, 1.82) is 0 Å². The summed E-state index contributed by atoms with van der Waals surface area (Å²) in [6, 6.07) is 5.67. The van der Waals surface area contributed by atoms with Crippen LogP contribution in [-0.4, -0.2) is 10.5 Å². The Kier molecular flexibility index (Phi) is 4.24. The third kappa shape index (κ3) is 2.80. The van der Waals surface area contributed by atoms with Crippen LogP contribution >= 0.6 is 22.6 Å². The van der Waals surface area contributed by atoms with Crippen molar-refractivity contribution in [1.82, 2.24) is 4.57 Å². The van der Waals surface area contributed by atoms with E-state index in [1.807, 2.05) is 29.7 Å². The molecule has 0 aliphatic heterocycles. The summed E-state index contributed by atoms with van der Waals surface area (Å²) in [5.41, 5.74) is 0.615. The molecule has 0 bridgehead atoms. The van der Waals surface area contributed by atoms with E-state index in [1.54, 1.807) is 13.1 Å². The molecule has 0 saturated heterocycles. The predicted octanol–water partition coefficient (Wildman–Crippen LogP) is 2.94. The first kappa shape index (κ1) is 14.0. The Labute approximate surface area is 124 Å². The van der Waals surface area contributed by atoms with Crippen LogP contribution < -0.4 is 10.2 Å². The molecule has 0 saturated carbocycles. The van der Waals surface area contributed by atoms with E-state index in [-0.39, 0.29) is 17.6 Å². The van der Waals surface area contributed by atoms with Gasteiger partial charge in [0.05, 0.1) is 17.1 Å². The summed E-state index contributed by atoms with van der Waals surface area (Å²) in [5.74, 6) is -0.298. The number of pyridine rings is 1. The van der Waals surface area contributed by atoms with E-state index in [9.17, 15) is 9.59 Å². The molecule has 0 atom stereocenters. The lowest BCUT2D eigenvalue weighted by atomic mass is 10.2. The fourth-order valence-electron chi connectivity index (χ4n) is 1.87. The van der Waals surface area contributed by atoms with Crippen LogP contribution in [0.5, 0.6) is 5.75 Å². The van der Waals surface area contributed by atoms with Gasteiger partial charge in [0.2, 0.25) is 5.43 Å². The first-order valence-corrected chi connectivity index (χ1v) is 7.18. The Bertz CT molecular complexity index is 691. The first-order valence-electron chi connectivity index (χ1n) is 6.10. The van der Waals surface area contributed by atoms with Crippen molar-refractivity contribution in [2.75, 3.05) is 0 Å². The number of carbonyl (C=O) groups excluding carboxylic acids is 1. The smallest absolute Gasteiger partial charge is 0.311 e. The summed E-state index contributed by atoms with van der Waals surface area (Å²) in [5, 5.41) is 0.579. The summed E-state index contributed by atoms with van der Waals surface area (Å²) < 4.78 is 7.99. The average Bonchev–Trinajstić information content (AvgIpc) is 2.41. The molecule has 2 aromatic rings. The number of benzene rings is 1. The maximum Gasteiger partial charge on any atom is 0.311 e. The van der Waals surface area contributed by atoms with Crippen LogP contribution in [0.25, 0.3) is 10.9 Å². The lowest BCUT2D eigenvalue weighted by molar-refractivity contribution is -0.134. The first-order chi connectivity index (χ1) is 9.06. The highest BCUT2D eigenvalue weighted by molar-refractivity contribution is 14.1. The number of esters is 1. The van der Waals surface area contributed by atoms with Gasteiger partial charge in [0.25, 0.3) is 0 Å². The van der Waals surface area contributed by atoms with Crippen molar-refractivity contribution >= 4 is 39.5 Å². The van der Waals surface area contributed by atoms with Gasteiger partial charge in [-0.1, -0.05) is 6.92 Å². The van der Waals surface area contributed by atoms with E-state index >= 15 is 0 Å². The topological polar surface area (TPSA) is 48.3 Å². The monoisotopic (exact) mass is 371 g/mol. The van der Waals surface area contributed by atoms with Gasteiger partial charge >= 0.3 is 5.97 Å². The Morgan fingerprint density at radius 1 is 1.37 bits per heavy atom. The van der Waals surface area contributed by atoms with Crippen molar-refractivity contribution in [3.05, 3.63) is 38.2 Å². The molecule has 0 radical (unpaired) electrons. The Morgan fingerprint density at radius 2 is 2.11 bits per heavy atom. The maximum atomic E-state index is 12.3. The van der Waals surface area contributed by atoms with Crippen molar-refractivity contribution in [3.8, 4) is 5.75 Å². The average molecular weight is 371 g/mol. The molecule has 0 N–H and O–H groups in total. The van der Waals surface area contributed by atoms with Gasteiger partial charge in [0.1, 0.15) is 0 Å². The van der Waals surface area contributed by atoms with E-state index in [2.05, 4.69) is 22.6 Å². The van der Waals surface area contributed by atoms with Crippen LogP contribution in [-0.2, 0) is 11.3 Å². The molecule has 0 aliphatic rings. The molecule has 0 spiro atoms. The second-order valence-corrected chi connectivity index (χ2v) is 5.34. The van der Waals surface area contributed by atoms with Crippen molar-refractivity contribution in [2.45, 2.75) is 26.8 Å². The minimum Gasteiger partial charge on any atom is -0.421 e. The number of aromatic nitrogens is 1. The van der Waals surface area contributed by atoms with E-state index in [4.69, 9.17) is 4.74 Å². The second-order valence-electron chi connectivity index (χ2n) is 4.10. The minimum absolute atomic E-state index is 0.100. The molecule has 100 valence electrons. The molecule has 19 heavy (non-hydrogen) atoms. The Hall–Kier alpha value is -1.37. The summed E-state index contributed by atoms with van der Waals surface area (Å²) in [7, 11) is 0. The molecule has 1 aromatic heterocycles. The minimum atomic E-state index is -0.398. The van der Waals surface area contributed by atoms with Gasteiger partial charge in [0.15, 0.2) is 5.75 Å². The molecule has 1 aromatic carbocycles. The normalized spacial score (nSPS) is 10.7. The highest BCUT2D eigenvalue weighted by atomic mass is 127. The summed E-state index contributed by atoms with van der Waals surface area (Å²) in [4.78, 5) is 23.7. The molecule has 2 rings (SSSR count). The zero-order valence-electron chi connectivity index (χ0n) is 10.8. The zero-order chi connectivity index (χ0) is 14.0. The Morgan fingerprint density at radius 3 is 2.74 bits per heavy atom. The molecular weight excluding hydrogens is 357 g/mol. The van der Waals surface area contributed by atoms with Gasteiger partial charge in [-0.3, -0.25) is 9.59 Å². The molecule has 5 heteroatoms. The number of ether oxygens (including phenoxy) is 1. The number of halogens is 1. The molecule has 0 aliphatic carbocycles. The van der Waals surface area contributed by atoms with Crippen LogP contribution in [0.2, 0.25) is 0 Å². The fraction of sp³-hybridized carbons (Fsp3) is 0.286. The van der Waals surface area contributed by atoms with E-state index in [0.717, 1.165) is 9.09 Å². The van der Waals surface area contributed by atoms with Crippen LogP contribution in [0, 0.1) is 3.57 Å². The maximum absolute atomic E-state index is 12.3. The number of carbonyl (C=O) groups is 1. The number of aryl methyl sites for hydroxylation is 1. The number of hydrogen-bond acceptors (Lipinski definition) is 3. The highest BCUT2D eigenvalue weighted by Crippen LogP contribution is 2.18. The standard InChI is InChI=1S/C14H14INO3/c1-3-13(17)19-12-8-16(4-2)11-6-5-9(15)7-10(11)14(12)18/h5-8H,3-4H2,1-2H3. The molecule has 1 heterocycles. The third-order valence-electron chi connectivity index (χ3n) is 2.86. The van der Waals surface area contributed by atoms with Gasteiger partial charge in [-0.05, 0) is 47.7 Å². The van der Waals surface area contributed by atoms with Crippen molar-refractivity contribution in [2.24, 2.45) is 0 Å². The lowest BCUT2D eigenvalue weighted by Crippen LogP contribution is -2.16. The number of hydrogen-bond donors (Lipinski definition) is 0. The molecule has 0 fully saturated rings. The second kappa shape index (κ2) is 5.73. The SMILES string of the molecule is CCC(=O)Oc1cn(CC)c2ccc(I)cc2c1=O. The van der Waals surface area contributed by atoms with E-state index in [0.29, 0.717) is 11.9 Å². The summed E-state index contributed by atoms with van der Waals surface area (Å²) in [6.45, 7) is 4.38. The van der Waals surface area contributed by atoms with Crippen LogP contribution in [0.1, 0.15) is 20.3 Å². The van der Waals surface area contributed by atoms with Gasteiger partial charge < -0.3 is 9.30 Å². The molecule has 0 unspecified atom stereocenters. The number of rotatable bonds is 3. The Balaban J connectivity index is 2.70. The van der Waals surface area contributed by atoms with Gasteiger partial charge in [-0.25, -0.2) is 0 Å². The zero-order valence-corrected chi connectivity index (χ0v) is 12.9. The lowest BCUT2D eigenvalue weighted by Gasteiger charge is -2.11. The summed E-state index contributed by atoms with van der Waals surface area (Å²) in [6.07, 6.45) is 1.85. The summed E-state index contributed by atoms with van der Waals surface area (Å²) >= 11 is 2.16. The molecule has 0 amide bonds. The largest absolute Gasteiger partial charge is 0.421 e. The molecule has 4 nitrogen and oxygen atoms in total. The predicted molar refractivity (Wildman–Crippen MR) is 82.5 cm³/mol. The van der Waals surface area contributed by atoms with Crippen molar-refractivity contribution < 1.29 is 9.53 Å². The van der Waals surface area contributed by atoms with Gasteiger partial charge in [-0.15, -0.1) is 0 Å². The quantitative estimate of drug-likeness (QED) is 0.616. The van der Waals surface area contributed by atoms with Crippen LogP contribution in [0.3, 0.4) is 0 Å². The molecular formula is C14H14INO3. The van der Waals surface area contributed by atoms with E-state index < -0.39 is 5.97 Å². The number of nitrogens with zero attached hydrogens (tertiary/aromatic N) is 1. The third-order valence-corrected chi connectivity index (χ3v) is 3.53. The fourth-order valence-corrected chi connectivity index (χ4v) is 2.36. The van der Waals surface area contributed by atoms with Crippen LogP contribution in [0.4, 0.5) is 0 Å². The number of fused-ring (bicyclic) bond motifs is 1. The van der Waals surface area contributed by atoms with Crippen LogP contribution in [0.15, 0.2) is 29.2 Å².